The number of hydrogen-bond donors (Lipinski definition) is 0. The van der Waals surface area contributed by atoms with Crippen molar-refractivity contribution in [3.8, 4) is 5.75 Å². The first-order valence-corrected chi connectivity index (χ1v) is 8.85. The highest BCUT2D eigenvalue weighted by Crippen LogP contribution is 2.22. The van der Waals surface area contributed by atoms with Crippen LogP contribution in [0.5, 0.6) is 5.75 Å². The molecule has 0 amide bonds. The summed E-state index contributed by atoms with van der Waals surface area (Å²) in [5, 5.41) is 1.03. The molecule has 1 aromatic rings. The standard InChI is InChI=1S/C15H26O4Si/c1-7-17-20(18-8-2,19-9-3)15-12(4)10-11-14(16-6)13(15)5/h10-11H,7-9H2,1-6H3. The van der Waals surface area contributed by atoms with Gasteiger partial charge in [-0.2, -0.15) is 0 Å². The van der Waals surface area contributed by atoms with E-state index in [0.717, 1.165) is 22.1 Å². The second-order valence-corrected chi connectivity index (χ2v) is 6.92. The van der Waals surface area contributed by atoms with Crippen LogP contribution in [-0.2, 0) is 13.3 Å². The molecule has 0 aromatic heterocycles. The summed E-state index contributed by atoms with van der Waals surface area (Å²) in [6.45, 7) is 11.6. The Kier molecular flexibility index (Phi) is 6.68. The van der Waals surface area contributed by atoms with E-state index in [-0.39, 0.29) is 0 Å². The van der Waals surface area contributed by atoms with Gasteiger partial charge in [0.05, 0.1) is 7.11 Å². The minimum Gasteiger partial charge on any atom is -0.496 e. The molecule has 0 fully saturated rings. The number of aryl methyl sites for hydroxylation is 1. The average molecular weight is 298 g/mol. The SMILES string of the molecule is CCO[Si](OCC)(OCC)c1c(C)ccc(OC)c1C. The van der Waals surface area contributed by atoms with Gasteiger partial charge in [-0.15, -0.1) is 0 Å². The molecule has 1 aromatic carbocycles. The highest BCUT2D eigenvalue weighted by Gasteiger charge is 2.46. The number of benzene rings is 1. The zero-order valence-electron chi connectivity index (χ0n) is 13.4. The maximum atomic E-state index is 6.00. The van der Waals surface area contributed by atoms with Crippen molar-refractivity contribution < 1.29 is 18.0 Å². The number of methoxy groups -OCH3 is 1. The van der Waals surface area contributed by atoms with Crippen molar-refractivity contribution in [1.29, 1.82) is 0 Å². The van der Waals surface area contributed by atoms with Gasteiger partial charge in [-0.25, -0.2) is 0 Å². The molecule has 20 heavy (non-hydrogen) atoms. The first-order valence-electron chi connectivity index (χ1n) is 7.12. The van der Waals surface area contributed by atoms with Crippen LogP contribution in [0, 0.1) is 13.8 Å². The van der Waals surface area contributed by atoms with Gasteiger partial charge in [0.15, 0.2) is 0 Å². The predicted molar refractivity (Wildman–Crippen MR) is 82.7 cm³/mol. The van der Waals surface area contributed by atoms with E-state index in [2.05, 4.69) is 6.92 Å². The Hall–Kier alpha value is -0.883. The molecule has 1 rings (SSSR count). The molecule has 0 N–H and O–H groups in total. The fourth-order valence-electron chi connectivity index (χ4n) is 2.43. The Labute approximate surface area is 123 Å². The summed E-state index contributed by atoms with van der Waals surface area (Å²) in [4.78, 5) is 0. The molecule has 0 heterocycles. The van der Waals surface area contributed by atoms with Gasteiger partial charge in [0, 0.05) is 25.0 Å². The maximum Gasteiger partial charge on any atom is 0.537 e. The molecule has 114 valence electrons. The molecular weight excluding hydrogens is 272 g/mol. The van der Waals surface area contributed by atoms with Crippen LogP contribution in [0.1, 0.15) is 31.9 Å². The van der Waals surface area contributed by atoms with E-state index in [1.165, 1.54) is 0 Å². The van der Waals surface area contributed by atoms with Gasteiger partial charge in [0.25, 0.3) is 0 Å². The Morgan fingerprint density at radius 3 is 1.80 bits per heavy atom. The predicted octanol–water partition coefficient (Wildman–Crippen LogP) is 2.57. The van der Waals surface area contributed by atoms with Gasteiger partial charge in [-0.1, -0.05) is 6.07 Å². The number of hydrogen-bond acceptors (Lipinski definition) is 4. The molecule has 0 atom stereocenters. The van der Waals surface area contributed by atoms with Gasteiger partial charge >= 0.3 is 8.80 Å². The normalized spacial score (nSPS) is 11.7. The smallest absolute Gasteiger partial charge is 0.496 e. The lowest BCUT2D eigenvalue weighted by Crippen LogP contribution is -2.58. The number of rotatable bonds is 8. The molecule has 0 bridgehead atoms. The van der Waals surface area contributed by atoms with E-state index in [0.29, 0.717) is 19.8 Å². The molecule has 5 heteroatoms. The second kappa shape index (κ2) is 7.78. The summed E-state index contributed by atoms with van der Waals surface area (Å²) in [6.07, 6.45) is 0. The van der Waals surface area contributed by atoms with Crippen LogP contribution < -0.4 is 9.92 Å². The number of ether oxygens (including phenoxy) is 1. The van der Waals surface area contributed by atoms with Crippen LogP contribution in [0.3, 0.4) is 0 Å². The topological polar surface area (TPSA) is 36.9 Å². The summed E-state index contributed by atoms with van der Waals surface area (Å²) in [5.41, 5.74) is 2.15. The molecular formula is C15H26O4Si. The van der Waals surface area contributed by atoms with Crippen LogP contribution in [0.4, 0.5) is 0 Å². The van der Waals surface area contributed by atoms with Crippen molar-refractivity contribution in [3.63, 3.8) is 0 Å². The molecule has 0 unspecified atom stereocenters. The van der Waals surface area contributed by atoms with Gasteiger partial charge in [0.1, 0.15) is 5.75 Å². The van der Waals surface area contributed by atoms with Crippen LogP contribution in [0.15, 0.2) is 12.1 Å². The summed E-state index contributed by atoms with van der Waals surface area (Å²) >= 11 is 0. The average Bonchev–Trinajstić information content (AvgIpc) is 2.40. The molecule has 0 aliphatic rings. The van der Waals surface area contributed by atoms with Crippen molar-refractivity contribution >= 4 is 14.0 Å². The Balaban J connectivity index is 3.45. The van der Waals surface area contributed by atoms with Crippen molar-refractivity contribution in [3.05, 3.63) is 23.3 Å². The molecule has 0 saturated heterocycles. The highest BCUT2D eigenvalue weighted by atomic mass is 28.4. The summed E-state index contributed by atoms with van der Waals surface area (Å²) in [6, 6.07) is 4.00. The minimum absolute atomic E-state index is 0.558. The largest absolute Gasteiger partial charge is 0.537 e. The third kappa shape index (κ3) is 3.41. The van der Waals surface area contributed by atoms with Crippen molar-refractivity contribution in [2.75, 3.05) is 26.9 Å². The molecule has 0 aliphatic heterocycles. The quantitative estimate of drug-likeness (QED) is 0.691. The van der Waals surface area contributed by atoms with Gasteiger partial charge < -0.3 is 18.0 Å². The third-order valence-electron chi connectivity index (χ3n) is 3.15. The minimum atomic E-state index is -2.89. The molecule has 0 radical (unpaired) electrons. The van der Waals surface area contributed by atoms with E-state index in [4.69, 9.17) is 18.0 Å². The van der Waals surface area contributed by atoms with Crippen LogP contribution in [-0.4, -0.2) is 35.7 Å². The zero-order valence-corrected chi connectivity index (χ0v) is 14.4. The third-order valence-corrected chi connectivity index (χ3v) is 6.54. The van der Waals surface area contributed by atoms with Crippen LogP contribution in [0.25, 0.3) is 0 Å². The lowest BCUT2D eigenvalue weighted by atomic mass is 10.1. The summed E-state index contributed by atoms with van der Waals surface area (Å²) < 4.78 is 23.4. The molecule has 0 spiro atoms. The monoisotopic (exact) mass is 298 g/mol. The van der Waals surface area contributed by atoms with Crippen LogP contribution in [0.2, 0.25) is 0 Å². The van der Waals surface area contributed by atoms with E-state index < -0.39 is 8.80 Å². The fourth-order valence-corrected chi connectivity index (χ4v) is 5.40. The van der Waals surface area contributed by atoms with Crippen molar-refractivity contribution in [2.24, 2.45) is 0 Å². The molecule has 0 aliphatic carbocycles. The van der Waals surface area contributed by atoms with Crippen LogP contribution >= 0.6 is 0 Å². The lowest BCUT2D eigenvalue weighted by Gasteiger charge is -2.31. The van der Waals surface area contributed by atoms with Gasteiger partial charge in [0.2, 0.25) is 0 Å². The highest BCUT2D eigenvalue weighted by molar-refractivity contribution is 6.76. The molecule has 4 nitrogen and oxygen atoms in total. The Bertz CT molecular complexity index is 417. The molecule has 0 saturated carbocycles. The maximum absolute atomic E-state index is 6.00. The van der Waals surface area contributed by atoms with Gasteiger partial charge in [-0.3, -0.25) is 0 Å². The van der Waals surface area contributed by atoms with E-state index in [9.17, 15) is 0 Å². The Morgan fingerprint density at radius 1 is 0.900 bits per heavy atom. The first kappa shape index (κ1) is 17.2. The van der Waals surface area contributed by atoms with E-state index in [1.54, 1.807) is 7.11 Å². The summed E-state index contributed by atoms with van der Waals surface area (Å²) in [7, 11) is -1.22. The second-order valence-electron chi connectivity index (χ2n) is 4.44. The van der Waals surface area contributed by atoms with E-state index >= 15 is 0 Å². The van der Waals surface area contributed by atoms with Gasteiger partial charge in [-0.05, 0) is 51.8 Å². The van der Waals surface area contributed by atoms with Crippen molar-refractivity contribution in [1.82, 2.24) is 0 Å². The van der Waals surface area contributed by atoms with E-state index in [1.807, 2.05) is 39.8 Å². The lowest BCUT2D eigenvalue weighted by molar-refractivity contribution is 0.0856. The summed E-state index contributed by atoms with van der Waals surface area (Å²) in [5.74, 6) is 0.835. The zero-order chi connectivity index (χ0) is 15.2. The van der Waals surface area contributed by atoms with Crippen molar-refractivity contribution in [2.45, 2.75) is 34.6 Å². The fraction of sp³-hybridized carbons (Fsp3) is 0.600. The first-order chi connectivity index (χ1) is 9.56. The Morgan fingerprint density at radius 2 is 1.40 bits per heavy atom.